The van der Waals surface area contributed by atoms with E-state index in [1.165, 1.54) is 53.4 Å². The first kappa shape index (κ1) is 20.9. The van der Waals surface area contributed by atoms with Gasteiger partial charge in [-0.05, 0) is 13.8 Å². The Morgan fingerprint density at radius 2 is 1.03 bits per heavy atom. The summed E-state index contributed by atoms with van der Waals surface area (Å²) in [6.07, 6.45) is -11.6. The minimum atomic E-state index is -5.78. The van der Waals surface area contributed by atoms with Gasteiger partial charge in [0.15, 0.2) is 0 Å². The summed E-state index contributed by atoms with van der Waals surface area (Å²) in [5.74, 6) is -0.881. The van der Waals surface area contributed by atoms with Crippen LogP contribution in [-0.4, -0.2) is 40.6 Å². The highest BCUT2D eigenvalue weighted by molar-refractivity contribution is 6.16. The van der Waals surface area contributed by atoms with Gasteiger partial charge in [0.05, 0.1) is 0 Å². The molecule has 0 spiro atoms. The molecule has 0 aliphatic carbocycles. The van der Waals surface area contributed by atoms with Gasteiger partial charge < -0.3 is 4.90 Å². The maximum atomic E-state index is 13.8. The van der Waals surface area contributed by atoms with Crippen LogP contribution in [0.2, 0.25) is 0 Å². The molecule has 154 valence electrons. The molecule has 9 heteroatoms. The summed E-state index contributed by atoms with van der Waals surface area (Å²) in [6.45, 7) is 3.29. The van der Waals surface area contributed by atoms with Crippen LogP contribution in [0.25, 0.3) is 0 Å². The summed E-state index contributed by atoms with van der Waals surface area (Å²) in [6, 6.07) is 14.5. The van der Waals surface area contributed by atoms with Crippen LogP contribution in [0.5, 0.6) is 0 Å². The predicted molar refractivity (Wildman–Crippen MR) is 97.8 cm³/mol. The molecule has 2 aromatic rings. The molecule has 2 aromatic carbocycles. The van der Waals surface area contributed by atoms with Crippen molar-refractivity contribution in [1.82, 2.24) is 4.90 Å². The van der Waals surface area contributed by atoms with Gasteiger partial charge in [0, 0.05) is 17.2 Å². The van der Waals surface area contributed by atoms with Crippen LogP contribution in [0.1, 0.15) is 25.0 Å². The molecule has 0 fully saturated rings. The van der Waals surface area contributed by atoms with Crippen LogP contribution in [0.15, 0.2) is 70.6 Å². The molecular weight excluding hydrogens is 396 g/mol. The number of hydrogen-bond donors (Lipinski definition) is 0. The summed E-state index contributed by atoms with van der Waals surface area (Å²) in [7, 11) is 0. The van der Waals surface area contributed by atoms with Crippen molar-refractivity contribution in [2.45, 2.75) is 37.9 Å². The van der Waals surface area contributed by atoms with Crippen LogP contribution in [-0.2, 0) is 0 Å². The lowest BCUT2D eigenvalue weighted by atomic mass is 10.0. The first-order chi connectivity index (χ1) is 13.5. The van der Waals surface area contributed by atoms with Crippen molar-refractivity contribution in [2.75, 3.05) is 0 Å². The third kappa shape index (κ3) is 3.61. The Bertz CT molecular complexity index is 841. The summed E-state index contributed by atoms with van der Waals surface area (Å²) in [5.41, 5.74) is -4.34. The van der Waals surface area contributed by atoms with Crippen LogP contribution in [0.3, 0.4) is 0 Å². The normalized spacial score (nSPS) is 17.2. The van der Waals surface area contributed by atoms with E-state index in [2.05, 4.69) is 9.98 Å². The van der Waals surface area contributed by atoms with Crippen LogP contribution in [0, 0.1) is 0 Å². The molecule has 0 saturated carbocycles. The molecular formula is C20H17F6N3. The molecule has 0 radical (unpaired) electrons. The molecule has 3 nitrogen and oxygen atoms in total. The van der Waals surface area contributed by atoms with Gasteiger partial charge in [0.25, 0.3) is 0 Å². The molecule has 0 unspecified atom stereocenters. The molecule has 1 aliphatic rings. The Kier molecular flexibility index (Phi) is 5.19. The smallest absolute Gasteiger partial charge is 0.308 e. The fourth-order valence-electron chi connectivity index (χ4n) is 3.02. The van der Waals surface area contributed by atoms with Crippen molar-refractivity contribution in [3.63, 3.8) is 0 Å². The Hall–Kier alpha value is -2.84. The fourth-order valence-corrected chi connectivity index (χ4v) is 3.02. The van der Waals surface area contributed by atoms with Crippen molar-refractivity contribution in [2.24, 2.45) is 9.98 Å². The minimum absolute atomic E-state index is 0.127. The molecule has 0 atom stereocenters. The first-order valence-electron chi connectivity index (χ1n) is 8.71. The highest BCUT2D eigenvalue weighted by Gasteiger charge is 2.74. The standard InChI is InChI=1S/C20H17F6N3/c1-13(2)29-16(14-9-5-3-6-10-14)27-18(19(21,22)23,20(24,25)26)28-17(29)15-11-7-4-8-12-15/h3-13H,1-2H3. The van der Waals surface area contributed by atoms with Crippen molar-refractivity contribution in [3.8, 4) is 0 Å². The van der Waals surface area contributed by atoms with Gasteiger partial charge in [0.2, 0.25) is 0 Å². The van der Waals surface area contributed by atoms with E-state index >= 15 is 0 Å². The lowest BCUT2D eigenvalue weighted by Gasteiger charge is -2.41. The minimum Gasteiger partial charge on any atom is -0.308 e. The van der Waals surface area contributed by atoms with Crippen molar-refractivity contribution < 1.29 is 26.3 Å². The number of alkyl halides is 6. The summed E-state index contributed by atoms with van der Waals surface area (Å²) in [5, 5.41) is 0. The van der Waals surface area contributed by atoms with Gasteiger partial charge in [-0.1, -0.05) is 60.7 Å². The second-order valence-corrected chi connectivity index (χ2v) is 6.73. The summed E-state index contributed by atoms with van der Waals surface area (Å²) in [4.78, 5) is 7.71. The highest BCUT2D eigenvalue weighted by Crippen LogP contribution is 2.49. The quantitative estimate of drug-likeness (QED) is 0.617. The monoisotopic (exact) mass is 413 g/mol. The van der Waals surface area contributed by atoms with E-state index in [0.717, 1.165) is 0 Å². The highest BCUT2D eigenvalue weighted by atomic mass is 19.4. The molecule has 29 heavy (non-hydrogen) atoms. The second kappa shape index (κ2) is 7.20. The van der Waals surface area contributed by atoms with Crippen LogP contribution < -0.4 is 0 Å². The number of rotatable bonds is 3. The number of hydrogen-bond acceptors (Lipinski definition) is 3. The van der Waals surface area contributed by atoms with Gasteiger partial charge in [-0.25, -0.2) is 9.98 Å². The number of amidine groups is 2. The van der Waals surface area contributed by atoms with Crippen molar-refractivity contribution >= 4 is 11.7 Å². The van der Waals surface area contributed by atoms with E-state index < -0.39 is 35.7 Å². The first-order valence-corrected chi connectivity index (χ1v) is 8.71. The lowest BCUT2D eigenvalue weighted by molar-refractivity contribution is -0.293. The Labute approximate surface area is 163 Å². The van der Waals surface area contributed by atoms with Crippen molar-refractivity contribution in [3.05, 3.63) is 71.8 Å². The number of aliphatic imine (C=N–C) groups is 2. The van der Waals surface area contributed by atoms with Gasteiger partial charge in [-0.2, -0.15) is 26.3 Å². The fraction of sp³-hybridized carbons (Fsp3) is 0.300. The maximum Gasteiger partial charge on any atom is 0.443 e. The maximum absolute atomic E-state index is 13.8. The molecule has 1 aliphatic heterocycles. The third-order valence-corrected chi connectivity index (χ3v) is 4.36. The van der Waals surface area contributed by atoms with Crippen LogP contribution >= 0.6 is 0 Å². The van der Waals surface area contributed by atoms with E-state index in [4.69, 9.17) is 0 Å². The van der Waals surface area contributed by atoms with Gasteiger partial charge >= 0.3 is 18.0 Å². The average molecular weight is 413 g/mol. The third-order valence-electron chi connectivity index (χ3n) is 4.36. The van der Waals surface area contributed by atoms with E-state index in [0.29, 0.717) is 0 Å². The zero-order chi connectivity index (χ0) is 21.4. The van der Waals surface area contributed by atoms with Gasteiger partial charge in [-0.3, -0.25) is 0 Å². The molecule has 0 aromatic heterocycles. The van der Waals surface area contributed by atoms with Gasteiger partial charge in [-0.15, -0.1) is 0 Å². The zero-order valence-corrected chi connectivity index (χ0v) is 15.5. The SMILES string of the molecule is CC(C)N1C(c2ccccc2)=NC(C(F)(F)F)(C(F)(F)F)N=C1c1ccccc1. The second-order valence-electron chi connectivity index (χ2n) is 6.73. The zero-order valence-electron chi connectivity index (χ0n) is 15.5. The topological polar surface area (TPSA) is 28.0 Å². The molecule has 0 saturated heterocycles. The summed E-state index contributed by atoms with van der Waals surface area (Å²) < 4.78 is 83.1. The Morgan fingerprint density at radius 3 is 1.31 bits per heavy atom. The Morgan fingerprint density at radius 1 is 0.690 bits per heavy atom. The predicted octanol–water partition coefficient (Wildman–Crippen LogP) is 5.42. The molecule has 0 amide bonds. The average Bonchev–Trinajstić information content (AvgIpc) is 2.66. The van der Waals surface area contributed by atoms with Crippen molar-refractivity contribution in [1.29, 1.82) is 0 Å². The van der Waals surface area contributed by atoms with E-state index in [1.54, 1.807) is 26.0 Å². The lowest BCUT2D eigenvalue weighted by Crippen LogP contribution is -2.60. The van der Waals surface area contributed by atoms with E-state index in [9.17, 15) is 26.3 Å². The molecule has 1 heterocycles. The van der Waals surface area contributed by atoms with E-state index in [-0.39, 0.29) is 11.1 Å². The largest absolute Gasteiger partial charge is 0.443 e. The molecule has 3 rings (SSSR count). The van der Waals surface area contributed by atoms with E-state index in [1.807, 2.05) is 0 Å². The molecule has 0 bridgehead atoms. The number of halogens is 6. The Balaban J connectivity index is 2.39. The van der Waals surface area contributed by atoms with Crippen LogP contribution in [0.4, 0.5) is 26.3 Å². The number of nitrogens with zero attached hydrogens (tertiary/aromatic N) is 3. The summed E-state index contributed by atoms with van der Waals surface area (Å²) >= 11 is 0. The number of benzene rings is 2. The van der Waals surface area contributed by atoms with Gasteiger partial charge in [0.1, 0.15) is 11.7 Å². The molecule has 0 N–H and O–H groups in total.